The number of carbonyl (C=O) groups excluding carboxylic acids is 4. The molecule has 0 saturated carbocycles. The van der Waals surface area contributed by atoms with Crippen LogP contribution in [0.3, 0.4) is 0 Å². The summed E-state index contributed by atoms with van der Waals surface area (Å²) in [7, 11) is 0. The first-order valence-corrected chi connectivity index (χ1v) is 12.4. The van der Waals surface area contributed by atoms with Gasteiger partial charge in [-0.3, -0.25) is 29.4 Å². The highest BCUT2D eigenvalue weighted by atomic mass is 16.5. The average molecular weight is 489 g/mol. The summed E-state index contributed by atoms with van der Waals surface area (Å²) >= 11 is 0. The van der Waals surface area contributed by atoms with Crippen molar-refractivity contribution in [3.05, 3.63) is 65.7 Å². The van der Waals surface area contributed by atoms with Gasteiger partial charge >= 0.3 is 0 Å². The van der Waals surface area contributed by atoms with Gasteiger partial charge in [0.1, 0.15) is 12.1 Å². The van der Waals surface area contributed by atoms with E-state index >= 15 is 0 Å². The molecule has 2 aromatic carbocycles. The molecule has 4 aliphatic heterocycles. The maximum Gasteiger partial charge on any atom is 0.253 e. The fourth-order valence-electron chi connectivity index (χ4n) is 6.30. The van der Waals surface area contributed by atoms with Crippen molar-refractivity contribution in [2.24, 2.45) is 11.8 Å². The van der Waals surface area contributed by atoms with Gasteiger partial charge in [0.2, 0.25) is 17.7 Å². The number of hydrogen-bond acceptors (Lipinski definition) is 6. The van der Waals surface area contributed by atoms with Crippen LogP contribution in [0.4, 0.5) is 5.69 Å². The lowest BCUT2D eigenvalue weighted by molar-refractivity contribution is -0.143. The Hall–Kier alpha value is -3.56. The lowest BCUT2D eigenvalue weighted by Crippen LogP contribution is -2.56. The molecule has 36 heavy (non-hydrogen) atoms. The van der Waals surface area contributed by atoms with E-state index < -0.39 is 17.4 Å². The van der Waals surface area contributed by atoms with Crippen molar-refractivity contribution in [1.29, 1.82) is 0 Å². The summed E-state index contributed by atoms with van der Waals surface area (Å²) in [5.41, 5.74) is 0.715. The number of morpholine rings is 1. The summed E-state index contributed by atoms with van der Waals surface area (Å²) in [5, 5.41) is 3.36. The summed E-state index contributed by atoms with van der Waals surface area (Å²) in [4.78, 5) is 59.1. The van der Waals surface area contributed by atoms with Crippen LogP contribution in [0.15, 0.2) is 54.6 Å². The van der Waals surface area contributed by atoms with Crippen molar-refractivity contribution in [2.45, 2.75) is 25.0 Å². The summed E-state index contributed by atoms with van der Waals surface area (Å²) in [6, 6.07) is 16.2. The Labute approximate surface area is 209 Å². The number of fused-ring (bicyclic) bond motifs is 4. The van der Waals surface area contributed by atoms with E-state index in [-0.39, 0.29) is 42.8 Å². The van der Waals surface area contributed by atoms with Crippen LogP contribution in [0.1, 0.15) is 18.1 Å². The lowest BCUT2D eigenvalue weighted by Gasteiger charge is -2.31. The molecule has 4 heterocycles. The number of imide groups is 1. The molecule has 0 bridgehead atoms. The molecule has 9 heteroatoms. The van der Waals surface area contributed by atoms with Crippen molar-refractivity contribution in [3.8, 4) is 0 Å². The Morgan fingerprint density at radius 3 is 2.42 bits per heavy atom. The number of nitrogens with one attached hydrogen (secondary N) is 1. The topological polar surface area (TPSA) is 99.3 Å². The van der Waals surface area contributed by atoms with Gasteiger partial charge < -0.3 is 14.5 Å². The first kappa shape index (κ1) is 22.9. The van der Waals surface area contributed by atoms with Gasteiger partial charge in [-0.15, -0.1) is 0 Å². The molecule has 3 fully saturated rings. The van der Waals surface area contributed by atoms with Gasteiger partial charge in [-0.05, 0) is 18.6 Å². The molecule has 4 amide bonds. The second-order valence-corrected chi connectivity index (χ2v) is 9.89. The zero-order valence-corrected chi connectivity index (χ0v) is 20.1. The first-order valence-electron chi connectivity index (χ1n) is 12.4. The second kappa shape index (κ2) is 8.53. The summed E-state index contributed by atoms with van der Waals surface area (Å²) in [6.07, 6.45) is 0. The highest BCUT2D eigenvalue weighted by Crippen LogP contribution is 2.54. The highest BCUT2D eigenvalue weighted by Gasteiger charge is 2.70. The van der Waals surface area contributed by atoms with Crippen LogP contribution < -0.4 is 10.2 Å². The van der Waals surface area contributed by atoms with Crippen LogP contribution in [0.5, 0.6) is 0 Å². The van der Waals surface area contributed by atoms with Crippen LogP contribution in [-0.2, 0) is 36.0 Å². The quantitative estimate of drug-likeness (QED) is 0.642. The molecule has 0 aliphatic carbocycles. The van der Waals surface area contributed by atoms with E-state index in [1.54, 1.807) is 11.0 Å². The normalized spacial score (nSPS) is 29.3. The maximum absolute atomic E-state index is 14.2. The van der Waals surface area contributed by atoms with Gasteiger partial charge in [0, 0.05) is 30.4 Å². The van der Waals surface area contributed by atoms with Gasteiger partial charge in [-0.1, -0.05) is 48.5 Å². The fraction of sp³-hybridized carbons (Fsp3) is 0.407. The molecule has 6 rings (SSSR count). The summed E-state index contributed by atoms with van der Waals surface area (Å²) < 4.78 is 5.35. The number of anilines is 1. The Morgan fingerprint density at radius 1 is 0.972 bits per heavy atom. The third kappa shape index (κ3) is 3.23. The number of carbonyl (C=O) groups is 4. The number of benzene rings is 2. The highest BCUT2D eigenvalue weighted by molar-refractivity contribution is 6.17. The zero-order chi connectivity index (χ0) is 25.0. The molecule has 0 unspecified atom stereocenters. The number of ether oxygens (including phenoxy) is 1. The Bertz CT molecular complexity index is 1240. The molecule has 0 radical (unpaired) electrons. The summed E-state index contributed by atoms with van der Waals surface area (Å²) in [5.74, 6) is -2.67. The number of likely N-dealkylation sites (tertiary alicyclic amines) is 1. The van der Waals surface area contributed by atoms with E-state index in [9.17, 15) is 19.2 Å². The van der Waals surface area contributed by atoms with E-state index in [4.69, 9.17) is 4.74 Å². The first-order chi connectivity index (χ1) is 17.4. The number of amides is 4. The molecule has 0 aromatic heterocycles. The van der Waals surface area contributed by atoms with Gasteiger partial charge in [-0.25, -0.2) is 0 Å². The Balaban J connectivity index is 1.36. The van der Waals surface area contributed by atoms with Crippen molar-refractivity contribution in [2.75, 3.05) is 37.7 Å². The zero-order valence-electron chi connectivity index (χ0n) is 20.1. The monoisotopic (exact) mass is 488 g/mol. The largest absolute Gasteiger partial charge is 0.378 e. The minimum Gasteiger partial charge on any atom is -0.378 e. The third-order valence-corrected chi connectivity index (χ3v) is 7.95. The van der Waals surface area contributed by atoms with Crippen LogP contribution in [0, 0.1) is 11.8 Å². The second-order valence-electron chi connectivity index (χ2n) is 9.89. The SMILES string of the molecule is C[C@@H]1N[C@]2(C(=O)N(CC(=O)N3CCOCC3)c3ccccc32)[C@@H]2C(=O)N(Cc3ccccc3)C(=O)[C@@H]12. The molecular weight excluding hydrogens is 460 g/mol. The smallest absolute Gasteiger partial charge is 0.253 e. The van der Waals surface area contributed by atoms with E-state index in [2.05, 4.69) is 5.32 Å². The standard InChI is InChI=1S/C27H28N4O5/c1-17-22-23(25(34)31(24(22)33)15-18-7-3-2-4-8-18)27(28-17)19-9-5-6-10-20(19)30(26(27)35)16-21(32)29-11-13-36-14-12-29/h2-10,17,22-23,28H,11-16H2,1H3/t17-,22-,23-,27-/m0/s1. The molecule has 1 spiro atoms. The molecule has 3 saturated heterocycles. The van der Waals surface area contributed by atoms with Crippen molar-refractivity contribution in [3.63, 3.8) is 0 Å². The van der Waals surface area contributed by atoms with Crippen molar-refractivity contribution in [1.82, 2.24) is 15.1 Å². The van der Waals surface area contributed by atoms with Gasteiger partial charge in [0.25, 0.3) is 5.91 Å². The molecule has 4 aliphatic rings. The molecule has 2 aromatic rings. The number of para-hydroxylation sites is 1. The Kier molecular flexibility index (Phi) is 5.42. The van der Waals surface area contributed by atoms with E-state index in [1.807, 2.05) is 55.5 Å². The minimum atomic E-state index is -1.38. The predicted octanol–water partition coefficient (Wildman–Crippen LogP) is 0.880. The molecule has 1 N–H and O–H groups in total. The minimum absolute atomic E-state index is 0.124. The van der Waals surface area contributed by atoms with E-state index in [1.165, 1.54) is 9.80 Å². The number of hydrogen-bond donors (Lipinski definition) is 1. The predicted molar refractivity (Wildman–Crippen MR) is 129 cm³/mol. The molecule has 186 valence electrons. The maximum atomic E-state index is 14.2. The van der Waals surface area contributed by atoms with Crippen LogP contribution >= 0.6 is 0 Å². The Morgan fingerprint density at radius 2 is 1.67 bits per heavy atom. The lowest BCUT2D eigenvalue weighted by atomic mass is 9.76. The molecule has 4 atom stereocenters. The number of nitrogens with zero attached hydrogens (tertiary/aromatic N) is 3. The number of rotatable bonds is 4. The molecule has 9 nitrogen and oxygen atoms in total. The van der Waals surface area contributed by atoms with Gasteiger partial charge in [0.05, 0.1) is 31.6 Å². The average Bonchev–Trinajstić information content (AvgIpc) is 3.44. The van der Waals surface area contributed by atoms with E-state index in [0.29, 0.717) is 37.6 Å². The van der Waals surface area contributed by atoms with Gasteiger partial charge in [-0.2, -0.15) is 0 Å². The summed E-state index contributed by atoms with van der Waals surface area (Å²) in [6.45, 7) is 3.79. The van der Waals surface area contributed by atoms with Crippen molar-refractivity contribution < 1.29 is 23.9 Å². The molecular formula is C27H28N4O5. The third-order valence-electron chi connectivity index (χ3n) is 7.95. The van der Waals surface area contributed by atoms with Crippen LogP contribution in [0.25, 0.3) is 0 Å². The van der Waals surface area contributed by atoms with Gasteiger partial charge in [0.15, 0.2) is 0 Å². The van der Waals surface area contributed by atoms with Crippen LogP contribution in [0.2, 0.25) is 0 Å². The van der Waals surface area contributed by atoms with E-state index in [0.717, 1.165) is 5.56 Å². The van der Waals surface area contributed by atoms with Crippen molar-refractivity contribution >= 4 is 29.3 Å². The fourth-order valence-corrected chi connectivity index (χ4v) is 6.30. The van der Waals surface area contributed by atoms with Crippen LogP contribution in [-0.4, -0.2) is 72.3 Å².